The van der Waals surface area contributed by atoms with Gasteiger partial charge >= 0.3 is 0 Å². The normalized spacial score (nSPS) is 17.0. The van der Waals surface area contributed by atoms with Crippen LogP contribution in [0.5, 0.6) is 0 Å². The van der Waals surface area contributed by atoms with Gasteiger partial charge in [0.05, 0.1) is 0 Å². The van der Waals surface area contributed by atoms with E-state index in [1.54, 1.807) is 7.11 Å². The highest BCUT2D eigenvalue weighted by Gasteiger charge is 2.14. The predicted octanol–water partition coefficient (Wildman–Crippen LogP) is 1.31. The van der Waals surface area contributed by atoms with Crippen molar-refractivity contribution in [3.05, 3.63) is 0 Å². The molecule has 0 unspecified atom stereocenters. The first-order valence-corrected chi connectivity index (χ1v) is 6.79. The van der Waals surface area contributed by atoms with E-state index in [-0.39, 0.29) is 5.91 Å². The van der Waals surface area contributed by atoms with Crippen molar-refractivity contribution in [2.75, 3.05) is 33.4 Å². The molecule has 4 nitrogen and oxygen atoms in total. The molecule has 4 heteroatoms. The number of nitrogens with one attached hydrogen (secondary N) is 2. The fourth-order valence-corrected chi connectivity index (χ4v) is 2.19. The van der Waals surface area contributed by atoms with Crippen LogP contribution in [0.25, 0.3) is 0 Å². The van der Waals surface area contributed by atoms with Crippen LogP contribution in [0.4, 0.5) is 0 Å². The summed E-state index contributed by atoms with van der Waals surface area (Å²) in [6.07, 6.45) is 6.21. The number of methoxy groups -OCH3 is 1. The van der Waals surface area contributed by atoms with Gasteiger partial charge in [-0.1, -0.05) is 0 Å². The summed E-state index contributed by atoms with van der Waals surface area (Å²) in [7, 11) is 1.71. The molecule has 2 N–H and O–H groups in total. The maximum Gasteiger partial charge on any atom is 0.220 e. The van der Waals surface area contributed by atoms with Crippen molar-refractivity contribution in [1.82, 2.24) is 10.6 Å². The Morgan fingerprint density at radius 1 is 1.35 bits per heavy atom. The van der Waals surface area contributed by atoms with Gasteiger partial charge in [-0.3, -0.25) is 4.79 Å². The van der Waals surface area contributed by atoms with Crippen molar-refractivity contribution >= 4 is 5.91 Å². The Morgan fingerprint density at radius 3 is 2.82 bits per heavy atom. The molecule has 1 rings (SSSR count). The Kier molecular flexibility index (Phi) is 8.01. The summed E-state index contributed by atoms with van der Waals surface area (Å²) in [4.78, 5) is 11.6. The third-order valence-corrected chi connectivity index (χ3v) is 3.34. The second kappa shape index (κ2) is 9.42. The van der Waals surface area contributed by atoms with Crippen molar-refractivity contribution in [2.24, 2.45) is 5.92 Å². The van der Waals surface area contributed by atoms with Gasteiger partial charge in [0.2, 0.25) is 5.91 Å². The summed E-state index contributed by atoms with van der Waals surface area (Å²) in [6, 6.07) is 0. The fourth-order valence-electron chi connectivity index (χ4n) is 2.19. The van der Waals surface area contributed by atoms with E-state index in [0.29, 0.717) is 6.42 Å². The number of rotatable bonds is 8. The van der Waals surface area contributed by atoms with Crippen LogP contribution in [0, 0.1) is 5.92 Å². The van der Waals surface area contributed by atoms with E-state index in [1.807, 2.05) is 0 Å². The molecule has 0 radical (unpaired) electrons. The highest BCUT2D eigenvalue weighted by atomic mass is 16.5. The van der Waals surface area contributed by atoms with E-state index in [1.165, 1.54) is 12.8 Å². The highest BCUT2D eigenvalue weighted by Crippen LogP contribution is 2.17. The average Bonchev–Trinajstić information content (AvgIpc) is 2.37. The van der Waals surface area contributed by atoms with E-state index >= 15 is 0 Å². The molecule has 1 amide bonds. The minimum atomic E-state index is 0.209. The lowest BCUT2D eigenvalue weighted by Gasteiger charge is -2.22. The first-order chi connectivity index (χ1) is 8.33. The molecule has 0 aromatic heterocycles. The summed E-state index contributed by atoms with van der Waals surface area (Å²) >= 11 is 0. The Balaban J connectivity index is 1.93. The number of ether oxygens (including phenoxy) is 1. The molecule has 0 saturated carbocycles. The summed E-state index contributed by atoms with van der Waals surface area (Å²) < 4.78 is 4.96. The van der Waals surface area contributed by atoms with Crippen LogP contribution in [-0.4, -0.2) is 39.3 Å². The van der Waals surface area contributed by atoms with Crippen molar-refractivity contribution in [3.63, 3.8) is 0 Å². The van der Waals surface area contributed by atoms with Crippen molar-refractivity contribution in [2.45, 2.75) is 38.5 Å². The molecule has 0 aromatic rings. The third kappa shape index (κ3) is 7.34. The molecule has 1 saturated heterocycles. The van der Waals surface area contributed by atoms with Gasteiger partial charge in [-0.05, 0) is 51.1 Å². The van der Waals surface area contributed by atoms with Crippen LogP contribution < -0.4 is 10.6 Å². The molecule has 1 heterocycles. The zero-order valence-corrected chi connectivity index (χ0v) is 11.0. The van der Waals surface area contributed by atoms with Crippen LogP contribution in [-0.2, 0) is 9.53 Å². The van der Waals surface area contributed by atoms with E-state index in [9.17, 15) is 4.79 Å². The number of amides is 1. The summed E-state index contributed by atoms with van der Waals surface area (Å²) in [5.41, 5.74) is 0. The standard InChI is InChI=1S/C13H26N2O2/c1-17-11-3-2-8-15-13(16)5-4-12-6-9-14-10-7-12/h12,14H,2-11H2,1H3,(H,15,16). The molecule has 100 valence electrons. The number of carbonyl (C=O) groups is 1. The third-order valence-electron chi connectivity index (χ3n) is 3.34. The summed E-state index contributed by atoms with van der Waals surface area (Å²) in [5, 5.41) is 6.31. The molecular formula is C13H26N2O2. The number of carbonyl (C=O) groups excluding carboxylic acids is 1. The quantitative estimate of drug-likeness (QED) is 0.631. The van der Waals surface area contributed by atoms with Gasteiger partial charge in [-0.25, -0.2) is 0 Å². The van der Waals surface area contributed by atoms with Crippen LogP contribution in [0.3, 0.4) is 0 Å². The average molecular weight is 242 g/mol. The predicted molar refractivity (Wildman–Crippen MR) is 68.9 cm³/mol. The largest absolute Gasteiger partial charge is 0.385 e. The Bertz CT molecular complexity index is 204. The summed E-state index contributed by atoms with van der Waals surface area (Å²) in [5.74, 6) is 0.955. The lowest BCUT2D eigenvalue weighted by molar-refractivity contribution is -0.121. The lowest BCUT2D eigenvalue weighted by Crippen LogP contribution is -2.29. The van der Waals surface area contributed by atoms with Crippen molar-refractivity contribution < 1.29 is 9.53 Å². The molecule has 1 aliphatic heterocycles. The number of hydrogen-bond acceptors (Lipinski definition) is 3. The zero-order valence-electron chi connectivity index (χ0n) is 11.0. The topological polar surface area (TPSA) is 50.4 Å². The molecular weight excluding hydrogens is 216 g/mol. The number of piperidine rings is 1. The smallest absolute Gasteiger partial charge is 0.220 e. The molecule has 0 spiro atoms. The van der Waals surface area contributed by atoms with E-state index in [2.05, 4.69) is 10.6 Å². The molecule has 17 heavy (non-hydrogen) atoms. The van der Waals surface area contributed by atoms with Gasteiger partial charge in [0.15, 0.2) is 0 Å². The van der Waals surface area contributed by atoms with Crippen LogP contribution in [0.2, 0.25) is 0 Å². The molecule has 0 bridgehead atoms. The summed E-state index contributed by atoms with van der Waals surface area (Å²) in [6.45, 7) is 3.80. The van der Waals surface area contributed by atoms with Crippen molar-refractivity contribution in [1.29, 1.82) is 0 Å². The second-order valence-electron chi connectivity index (χ2n) is 4.78. The first-order valence-electron chi connectivity index (χ1n) is 6.79. The maximum absolute atomic E-state index is 11.6. The number of unbranched alkanes of at least 4 members (excludes halogenated alkanes) is 1. The zero-order chi connectivity index (χ0) is 12.3. The Labute approximate surface area is 104 Å². The monoisotopic (exact) mass is 242 g/mol. The van der Waals surface area contributed by atoms with Gasteiger partial charge in [0, 0.05) is 26.7 Å². The highest BCUT2D eigenvalue weighted by molar-refractivity contribution is 5.75. The van der Waals surface area contributed by atoms with Crippen LogP contribution >= 0.6 is 0 Å². The second-order valence-corrected chi connectivity index (χ2v) is 4.78. The molecule has 0 aliphatic carbocycles. The van der Waals surface area contributed by atoms with Crippen LogP contribution in [0.15, 0.2) is 0 Å². The van der Waals surface area contributed by atoms with E-state index in [0.717, 1.165) is 51.4 Å². The Morgan fingerprint density at radius 2 is 2.12 bits per heavy atom. The van der Waals surface area contributed by atoms with E-state index in [4.69, 9.17) is 4.74 Å². The maximum atomic E-state index is 11.6. The van der Waals surface area contributed by atoms with Crippen LogP contribution in [0.1, 0.15) is 38.5 Å². The van der Waals surface area contributed by atoms with Gasteiger partial charge in [0.1, 0.15) is 0 Å². The van der Waals surface area contributed by atoms with Gasteiger partial charge < -0.3 is 15.4 Å². The van der Waals surface area contributed by atoms with E-state index < -0.39 is 0 Å². The molecule has 0 atom stereocenters. The molecule has 0 aromatic carbocycles. The SMILES string of the molecule is COCCCCNC(=O)CCC1CCNCC1. The fraction of sp³-hybridized carbons (Fsp3) is 0.923. The Hall–Kier alpha value is -0.610. The molecule has 1 aliphatic rings. The minimum absolute atomic E-state index is 0.209. The number of hydrogen-bond donors (Lipinski definition) is 2. The van der Waals surface area contributed by atoms with Crippen molar-refractivity contribution in [3.8, 4) is 0 Å². The molecule has 1 fully saturated rings. The van der Waals surface area contributed by atoms with Gasteiger partial charge in [0.25, 0.3) is 0 Å². The minimum Gasteiger partial charge on any atom is -0.385 e. The van der Waals surface area contributed by atoms with Gasteiger partial charge in [-0.15, -0.1) is 0 Å². The first kappa shape index (κ1) is 14.5. The van der Waals surface area contributed by atoms with Gasteiger partial charge in [-0.2, -0.15) is 0 Å². The lowest BCUT2D eigenvalue weighted by atomic mass is 9.93.